The molecule has 360 valence electrons. The van der Waals surface area contributed by atoms with Crippen LogP contribution in [0, 0.1) is 0 Å². The third-order valence-corrected chi connectivity index (χ3v) is 12.6. The van der Waals surface area contributed by atoms with E-state index in [1.54, 1.807) is 4.90 Å². The number of hydrogen-bond donors (Lipinski definition) is 6. The summed E-state index contributed by atoms with van der Waals surface area (Å²) < 4.78 is 6.17. The van der Waals surface area contributed by atoms with Gasteiger partial charge >= 0.3 is 5.97 Å². The fraction of sp³-hybridized carbons (Fsp3) is 0.940. The summed E-state index contributed by atoms with van der Waals surface area (Å²) in [6.45, 7) is 4.89. The van der Waals surface area contributed by atoms with Crippen molar-refractivity contribution in [3.8, 4) is 0 Å². The number of aliphatic hydroxyl groups is 3. The van der Waals surface area contributed by atoms with E-state index in [1.807, 2.05) is 0 Å². The maximum absolute atomic E-state index is 14.0. The lowest BCUT2D eigenvalue weighted by atomic mass is 9.94. The summed E-state index contributed by atoms with van der Waals surface area (Å²) in [5.41, 5.74) is 0. The second-order valence-electron chi connectivity index (χ2n) is 18.3. The Labute approximate surface area is 373 Å². The number of nitrogens with one attached hydrogen (secondary N) is 2. The van der Waals surface area contributed by atoms with Gasteiger partial charge in [0.05, 0.1) is 13.2 Å². The molecule has 1 rings (SSSR count). The second kappa shape index (κ2) is 40.9. The van der Waals surface area contributed by atoms with Crippen LogP contribution in [0.5, 0.6) is 0 Å². The van der Waals surface area contributed by atoms with Gasteiger partial charge in [0, 0.05) is 19.4 Å². The summed E-state index contributed by atoms with van der Waals surface area (Å²) in [7, 11) is 0. The highest BCUT2D eigenvalue weighted by molar-refractivity contribution is 5.79. The van der Waals surface area contributed by atoms with E-state index in [9.17, 15) is 29.7 Å². The van der Waals surface area contributed by atoms with Gasteiger partial charge in [-0.1, -0.05) is 206 Å². The molecule has 2 amide bonds. The minimum absolute atomic E-state index is 0.0411. The van der Waals surface area contributed by atoms with Gasteiger partial charge < -0.3 is 40.7 Å². The Bertz CT molecular complexity index is 1030. The molecule has 1 heterocycles. The minimum Gasteiger partial charge on any atom is -0.481 e. The van der Waals surface area contributed by atoms with Crippen molar-refractivity contribution >= 4 is 17.8 Å². The van der Waals surface area contributed by atoms with Crippen LogP contribution >= 0.6 is 0 Å². The lowest BCUT2D eigenvalue weighted by Gasteiger charge is -2.47. The number of amides is 2. The van der Waals surface area contributed by atoms with Gasteiger partial charge in [0.2, 0.25) is 11.8 Å². The summed E-state index contributed by atoms with van der Waals surface area (Å²) in [4.78, 5) is 39.5. The predicted molar refractivity (Wildman–Crippen MR) is 249 cm³/mol. The Morgan fingerprint density at radius 3 is 1.34 bits per heavy atom. The number of hydrogen-bond acceptors (Lipinski definition) is 8. The van der Waals surface area contributed by atoms with E-state index >= 15 is 0 Å². The Morgan fingerprint density at radius 1 is 0.525 bits per heavy atom. The minimum atomic E-state index is -1.44. The normalized spacial score (nSPS) is 19.0. The Kier molecular flexibility index (Phi) is 38.4. The summed E-state index contributed by atoms with van der Waals surface area (Å²) in [5.74, 6) is -1.33. The van der Waals surface area contributed by atoms with Crippen molar-refractivity contribution in [3.05, 3.63) is 0 Å². The van der Waals surface area contributed by atoms with Crippen molar-refractivity contribution in [2.24, 2.45) is 0 Å². The first-order valence-electron chi connectivity index (χ1n) is 25.9. The molecule has 5 atom stereocenters. The number of rotatable bonds is 44. The van der Waals surface area contributed by atoms with Gasteiger partial charge in [0.1, 0.15) is 24.4 Å². The first kappa shape index (κ1) is 57.2. The molecule has 61 heavy (non-hydrogen) atoms. The van der Waals surface area contributed by atoms with Crippen LogP contribution in [0.2, 0.25) is 0 Å². The molecule has 1 fully saturated rings. The molecule has 0 radical (unpaired) electrons. The summed E-state index contributed by atoms with van der Waals surface area (Å²) in [6, 6.07) is -1.08. The van der Waals surface area contributed by atoms with E-state index in [1.165, 1.54) is 154 Å². The monoisotopic (exact) mass is 868 g/mol. The zero-order valence-corrected chi connectivity index (χ0v) is 39.5. The fourth-order valence-corrected chi connectivity index (χ4v) is 8.68. The van der Waals surface area contributed by atoms with E-state index in [-0.39, 0.29) is 18.9 Å². The molecule has 0 bridgehead atoms. The van der Waals surface area contributed by atoms with Gasteiger partial charge in [0.15, 0.2) is 6.23 Å². The average Bonchev–Trinajstić information content (AvgIpc) is 3.24. The van der Waals surface area contributed by atoms with E-state index in [0.29, 0.717) is 25.9 Å². The number of carboxylic acids is 1. The Balaban J connectivity index is 2.66. The Morgan fingerprint density at radius 2 is 0.918 bits per heavy atom. The molecule has 0 aromatic carbocycles. The topological polar surface area (TPSA) is 169 Å². The van der Waals surface area contributed by atoms with Crippen molar-refractivity contribution in [1.29, 1.82) is 0 Å². The number of aliphatic carboxylic acids is 1. The van der Waals surface area contributed by atoms with Crippen molar-refractivity contribution in [3.63, 3.8) is 0 Å². The Hall–Kier alpha value is -1.79. The number of nitrogens with zero attached hydrogens (tertiary/aromatic N) is 1. The van der Waals surface area contributed by atoms with E-state index in [2.05, 4.69) is 24.5 Å². The van der Waals surface area contributed by atoms with Gasteiger partial charge in [-0.15, -0.1) is 0 Å². The smallest absolute Gasteiger partial charge is 0.303 e. The molecule has 1 aliphatic heterocycles. The molecular formula is C50H97N3O8. The van der Waals surface area contributed by atoms with Gasteiger partial charge in [-0.05, 0) is 32.2 Å². The lowest BCUT2D eigenvalue weighted by Crippen LogP contribution is -2.69. The molecule has 11 heteroatoms. The van der Waals surface area contributed by atoms with Crippen LogP contribution in [-0.2, 0) is 19.1 Å². The summed E-state index contributed by atoms with van der Waals surface area (Å²) in [6.07, 6.45) is 36.1. The van der Waals surface area contributed by atoms with Gasteiger partial charge in [-0.25, -0.2) is 0 Å². The molecule has 0 aromatic rings. The van der Waals surface area contributed by atoms with Gasteiger partial charge in [-0.2, -0.15) is 0 Å². The SMILES string of the molecule is CCCCCCCCCCCCCCCCCCN(C(=O)CCCCCCCCCCCCCCCCC)[C@@H]1O[C@H](CO)[C@@H](O)[C@H](O)[C@@H]1NC(=O)CNCCCCCC(=O)O. The second-order valence-corrected chi connectivity index (χ2v) is 18.3. The van der Waals surface area contributed by atoms with Crippen molar-refractivity contribution in [2.75, 3.05) is 26.2 Å². The molecule has 1 saturated heterocycles. The third kappa shape index (κ3) is 30.9. The number of ether oxygens (including phenoxy) is 1. The highest BCUT2D eigenvalue weighted by atomic mass is 16.5. The molecule has 0 saturated carbocycles. The van der Waals surface area contributed by atoms with Crippen LogP contribution in [0.15, 0.2) is 0 Å². The quantitative estimate of drug-likeness (QED) is 0.0327. The van der Waals surface area contributed by atoms with Crippen LogP contribution in [-0.4, -0.2) is 99.9 Å². The number of aliphatic hydroxyl groups excluding tert-OH is 3. The lowest BCUT2D eigenvalue weighted by molar-refractivity contribution is -0.231. The first-order chi connectivity index (χ1) is 29.8. The van der Waals surface area contributed by atoms with Gasteiger partial charge in [0.25, 0.3) is 0 Å². The molecule has 0 aromatic heterocycles. The van der Waals surface area contributed by atoms with Crippen molar-refractivity contribution < 1.29 is 39.5 Å². The number of carbonyl (C=O) groups excluding carboxylic acids is 2. The van der Waals surface area contributed by atoms with Crippen molar-refractivity contribution in [1.82, 2.24) is 15.5 Å². The maximum Gasteiger partial charge on any atom is 0.303 e. The molecule has 11 nitrogen and oxygen atoms in total. The van der Waals surface area contributed by atoms with E-state index in [4.69, 9.17) is 9.84 Å². The highest BCUT2D eigenvalue weighted by Crippen LogP contribution is 2.26. The largest absolute Gasteiger partial charge is 0.481 e. The number of carbonyl (C=O) groups is 3. The van der Waals surface area contributed by atoms with Crippen LogP contribution in [0.1, 0.15) is 245 Å². The van der Waals surface area contributed by atoms with Crippen LogP contribution in [0.25, 0.3) is 0 Å². The van der Waals surface area contributed by atoms with Gasteiger partial charge in [-0.3, -0.25) is 14.4 Å². The highest BCUT2D eigenvalue weighted by Gasteiger charge is 2.48. The average molecular weight is 868 g/mol. The number of carboxylic acid groups (broad SMARTS) is 1. The zero-order chi connectivity index (χ0) is 44.6. The molecular weight excluding hydrogens is 771 g/mol. The fourth-order valence-electron chi connectivity index (χ4n) is 8.68. The predicted octanol–water partition coefficient (Wildman–Crippen LogP) is 10.5. The molecule has 6 N–H and O–H groups in total. The van der Waals surface area contributed by atoms with E-state index < -0.39 is 49.1 Å². The zero-order valence-electron chi connectivity index (χ0n) is 39.5. The molecule has 1 aliphatic rings. The summed E-state index contributed by atoms with van der Waals surface area (Å²) in [5, 5.41) is 46.9. The summed E-state index contributed by atoms with van der Waals surface area (Å²) >= 11 is 0. The number of unbranched alkanes of at least 4 members (excludes halogenated alkanes) is 31. The van der Waals surface area contributed by atoms with Crippen LogP contribution in [0.3, 0.4) is 0 Å². The standard InChI is InChI=1S/C50H97N3O8/c1-3-5-7-9-11-13-15-17-19-21-23-25-27-29-31-36-40-53(45(56)37-33-30-28-26-24-22-20-18-16-14-12-10-8-6-4-2)50-47(49(60)48(59)43(42-54)61-50)52-44(55)41-51-39-35-32-34-38-46(57)58/h43,47-51,54,59-60H,3-42H2,1-2H3,(H,52,55)(H,57,58)/t43-,47+,48-,49-,50-/m1/s1. The first-order valence-corrected chi connectivity index (χ1v) is 25.9. The maximum atomic E-state index is 14.0. The molecule has 0 aliphatic carbocycles. The van der Waals surface area contributed by atoms with Crippen molar-refractivity contribution in [2.45, 2.75) is 276 Å². The molecule has 0 unspecified atom stereocenters. The van der Waals surface area contributed by atoms with Crippen LogP contribution < -0.4 is 10.6 Å². The van der Waals surface area contributed by atoms with Crippen LogP contribution in [0.4, 0.5) is 0 Å². The molecule has 0 spiro atoms. The van der Waals surface area contributed by atoms with E-state index in [0.717, 1.165) is 57.8 Å². The third-order valence-electron chi connectivity index (χ3n) is 12.6.